The van der Waals surface area contributed by atoms with E-state index in [1.807, 2.05) is 11.5 Å². The van der Waals surface area contributed by atoms with Crippen LogP contribution in [0.25, 0.3) is 5.69 Å². The molecule has 2 N–H and O–H groups in total. The highest BCUT2D eigenvalue weighted by Crippen LogP contribution is 2.25. The highest BCUT2D eigenvalue weighted by atomic mass is 32.2. The summed E-state index contributed by atoms with van der Waals surface area (Å²) >= 11 is 0. The van der Waals surface area contributed by atoms with Crippen molar-refractivity contribution in [2.75, 3.05) is 24.7 Å². The largest absolute Gasteiger partial charge is 0.466 e. The van der Waals surface area contributed by atoms with Gasteiger partial charge in [-0.3, -0.25) is 14.4 Å². The van der Waals surface area contributed by atoms with Crippen molar-refractivity contribution >= 4 is 33.3 Å². The lowest BCUT2D eigenvalue weighted by Gasteiger charge is -2.15. The van der Waals surface area contributed by atoms with E-state index in [0.717, 1.165) is 11.9 Å². The van der Waals surface area contributed by atoms with Gasteiger partial charge in [0.05, 0.1) is 34.7 Å². The van der Waals surface area contributed by atoms with E-state index in [9.17, 15) is 22.8 Å². The second-order valence-corrected chi connectivity index (χ2v) is 10.2. The Morgan fingerprint density at radius 3 is 2.25 bits per heavy atom. The van der Waals surface area contributed by atoms with E-state index in [1.54, 1.807) is 44.2 Å². The second kappa shape index (κ2) is 11.2. The van der Waals surface area contributed by atoms with Gasteiger partial charge in [-0.1, -0.05) is 12.1 Å². The Labute approximate surface area is 210 Å². The Balaban J connectivity index is 1.83. The van der Waals surface area contributed by atoms with Crippen LogP contribution in [-0.4, -0.2) is 50.2 Å². The number of carbonyl (C=O) groups is 3. The zero-order chi connectivity index (χ0) is 26.5. The number of nitrogens with one attached hydrogen (secondary N) is 2. The third kappa shape index (κ3) is 6.19. The molecule has 0 aliphatic rings. The molecule has 0 aliphatic carbocycles. The monoisotopic (exact) mass is 511 g/mol. The van der Waals surface area contributed by atoms with E-state index in [1.165, 1.54) is 24.3 Å². The number of benzene rings is 2. The van der Waals surface area contributed by atoms with Gasteiger partial charge in [0.1, 0.15) is 0 Å². The van der Waals surface area contributed by atoms with Gasteiger partial charge in [0.15, 0.2) is 9.84 Å². The molecule has 0 aliphatic heterocycles. The summed E-state index contributed by atoms with van der Waals surface area (Å²) in [6.45, 7) is 5.76. The summed E-state index contributed by atoms with van der Waals surface area (Å²) in [5.74, 6) is -1.10. The van der Waals surface area contributed by atoms with Gasteiger partial charge >= 0.3 is 5.97 Å². The molecule has 0 unspecified atom stereocenters. The van der Waals surface area contributed by atoms with Crippen molar-refractivity contribution in [3.63, 3.8) is 0 Å². The lowest BCUT2D eigenvalue weighted by molar-refractivity contribution is -0.142. The third-order valence-corrected chi connectivity index (χ3v) is 6.65. The molecule has 2 aromatic carbocycles. The van der Waals surface area contributed by atoms with Crippen molar-refractivity contribution in [1.82, 2.24) is 9.88 Å². The first-order valence-electron chi connectivity index (χ1n) is 11.4. The first kappa shape index (κ1) is 26.7. The first-order valence-corrected chi connectivity index (χ1v) is 13.3. The number of nitrogens with zero attached hydrogens (tertiary/aromatic N) is 1. The minimum Gasteiger partial charge on any atom is -0.466 e. The van der Waals surface area contributed by atoms with E-state index in [4.69, 9.17) is 4.74 Å². The molecule has 0 radical (unpaired) electrons. The van der Waals surface area contributed by atoms with Crippen LogP contribution in [0.15, 0.2) is 59.5 Å². The number of carbonyl (C=O) groups excluding carboxylic acids is 3. The molecule has 1 heterocycles. The fourth-order valence-electron chi connectivity index (χ4n) is 3.81. The molecule has 0 bridgehead atoms. The number of ether oxygens (including phenoxy) is 1. The zero-order valence-corrected chi connectivity index (χ0v) is 21.4. The number of anilines is 1. The third-order valence-electron chi connectivity index (χ3n) is 5.53. The van der Waals surface area contributed by atoms with Crippen molar-refractivity contribution in [2.24, 2.45) is 0 Å². The quantitative estimate of drug-likeness (QED) is 0.424. The summed E-state index contributed by atoms with van der Waals surface area (Å²) in [5, 5.41) is 5.53. The van der Waals surface area contributed by atoms with Crippen LogP contribution in [0.5, 0.6) is 0 Å². The van der Waals surface area contributed by atoms with E-state index in [0.29, 0.717) is 28.2 Å². The summed E-state index contributed by atoms with van der Waals surface area (Å²) < 4.78 is 30.0. The van der Waals surface area contributed by atoms with Gasteiger partial charge in [0, 0.05) is 29.9 Å². The molecule has 2 amide bonds. The molecule has 36 heavy (non-hydrogen) atoms. The SMILES string of the molecule is CCOC(=O)CCNC(=O)c1ccccc1-n1c(C)cc(C(=O)Nc2ccc(S(C)(=O)=O)cc2)c1C. The molecule has 0 fully saturated rings. The van der Waals surface area contributed by atoms with Crippen molar-refractivity contribution in [3.8, 4) is 5.69 Å². The minimum absolute atomic E-state index is 0.0683. The van der Waals surface area contributed by atoms with Crippen LogP contribution in [0.4, 0.5) is 5.69 Å². The van der Waals surface area contributed by atoms with E-state index < -0.39 is 9.84 Å². The van der Waals surface area contributed by atoms with E-state index in [-0.39, 0.29) is 42.3 Å². The molecule has 0 saturated heterocycles. The number of aromatic nitrogens is 1. The predicted octanol–water partition coefficient (Wildman–Crippen LogP) is 3.43. The van der Waals surface area contributed by atoms with Gasteiger partial charge < -0.3 is 19.9 Å². The number of esters is 1. The zero-order valence-electron chi connectivity index (χ0n) is 20.6. The smallest absolute Gasteiger partial charge is 0.307 e. The maximum absolute atomic E-state index is 13.0. The number of sulfone groups is 1. The van der Waals surface area contributed by atoms with Crippen LogP contribution < -0.4 is 10.6 Å². The van der Waals surface area contributed by atoms with Crippen LogP contribution in [0.1, 0.15) is 45.4 Å². The van der Waals surface area contributed by atoms with Crippen LogP contribution in [0.2, 0.25) is 0 Å². The van der Waals surface area contributed by atoms with Crippen molar-refractivity contribution in [2.45, 2.75) is 32.1 Å². The number of aryl methyl sites for hydroxylation is 1. The van der Waals surface area contributed by atoms with E-state index >= 15 is 0 Å². The predicted molar refractivity (Wildman–Crippen MR) is 136 cm³/mol. The molecule has 9 nitrogen and oxygen atoms in total. The number of para-hydroxylation sites is 1. The lowest BCUT2D eigenvalue weighted by atomic mass is 10.1. The fourth-order valence-corrected chi connectivity index (χ4v) is 4.44. The Hall–Kier alpha value is -3.92. The molecular formula is C26H29N3O6S. The van der Waals surface area contributed by atoms with Crippen molar-refractivity contribution < 1.29 is 27.5 Å². The summed E-state index contributed by atoms with van der Waals surface area (Å²) in [6, 6.07) is 14.7. The van der Waals surface area contributed by atoms with Gasteiger partial charge in [-0.15, -0.1) is 0 Å². The molecule has 1 aromatic heterocycles. The number of amides is 2. The van der Waals surface area contributed by atoms with Gasteiger partial charge in [0.25, 0.3) is 11.8 Å². The summed E-state index contributed by atoms with van der Waals surface area (Å²) in [4.78, 5) is 37.6. The van der Waals surface area contributed by atoms with Crippen LogP contribution in [0, 0.1) is 13.8 Å². The maximum Gasteiger partial charge on any atom is 0.307 e. The average Bonchev–Trinajstić information content (AvgIpc) is 3.12. The molecule has 0 spiro atoms. The molecular weight excluding hydrogens is 482 g/mol. The Morgan fingerprint density at radius 1 is 0.944 bits per heavy atom. The molecule has 3 rings (SSSR count). The lowest BCUT2D eigenvalue weighted by Crippen LogP contribution is -2.27. The molecule has 0 atom stereocenters. The van der Waals surface area contributed by atoms with E-state index in [2.05, 4.69) is 10.6 Å². The summed E-state index contributed by atoms with van der Waals surface area (Å²) in [6.07, 6.45) is 1.19. The fraction of sp³-hybridized carbons (Fsp3) is 0.269. The van der Waals surface area contributed by atoms with Crippen LogP contribution >= 0.6 is 0 Å². The van der Waals surface area contributed by atoms with Gasteiger partial charge in [0.2, 0.25) is 0 Å². The Bertz CT molecular complexity index is 1390. The molecule has 10 heteroatoms. The van der Waals surface area contributed by atoms with Gasteiger partial charge in [-0.25, -0.2) is 8.42 Å². The summed E-state index contributed by atoms with van der Waals surface area (Å²) in [5.41, 5.74) is 3.24. The number of rotatable bonds is 9. The summed E-state index contributed by atoms with van der Waals surface area (Å²) in [7, 11) is -3.34. The molecule has 3 aromatic rings. The maximum atomic E-state index is 13.0. The molecule has 190 valence electrons. The highest BCUT2D eigenvalue weighted by Gasteiger charge is 2.20. The van der Waals surface area contributed by atoms with Crippen LogP contribution in [-0.2, 0) is 19.4 Å². The van der Waals surface area contributed by atoms with Gasteiger partial charge in [-0.05, 0) is 63.2 Å². The van der Waals surface area contributed by atoms with Crippen molar-refractivity contribution in [1.29, 1.82) is 0 Å². The first-order chi connectivity index (χ1) is 17.0. The Kier molecular flexibility index (Phi) is 8.31. The minimum atomic E-state index is -3.34. The average molecular weight is 512 g/mol. The van der Waals surface area contributed by atoms with Crippen LogP contribution in [0.3, 0.4) is 0 Å². The normalized spacial score (nSPS) is 11.1. The number of hydrogen-bond donors (Lipinski definition) is 2. The van der Waals surface area contributed by atoms with Gasteiger partial charge in [-0.2, -0.15) is 0 Å². The topological polar surface area (TPSA) is 124 Å². The number of hydrogen-bond acceptors (Lipinski definition) is 6. The highest BCUT2D eigenvalue weighted by molar-refractivity contribution is 7.90. The standard InChI is InChI=1S/C26H29N3O6S/c1-5-35-24(30)14-15-27-25(31)21-8-6-7-9-23(21)29-17(2)16-22(18(29)3)26(32)28-19-10-12-20(13-11-19)36(4,33)34/h6-13,16H,5,14-15H2,1-4H3,(H,27,31)(H,28,32). The van der Waals surface area contributed by atoms with Crippen molar-refractivity contribution in [3.05, 3.63) is 77.1 Å². The molecule has 0 saturated carbocycles. The Morgan fingerprint density at radius 2 is 1.61 bits per heavy atom. The second-order valence-electron chi connectivity index (χ2n) is 8.20.